The maximum absolute atomic E-state index is 12.1. The number of benzene rings is 3. The Balaban J connectivity index is 1.46. The number of anilines is 1. The lowest BCUT2D eigenvalue weighted by atomic mass is 10.2. The van der Waals surface area contributed by atoms with Crippen molar-refractivity contribution in [1.29, 1.82) is 0 Å². The zero-order valence-corrected chi connectivity index (χ0v) is 15.9. The van der Waals surface area contributed by atoms with Crippen LogP contribution in [0.15, 0.2) is 84.9 Å². The van der Waals surface area contributed by atoms with E-state index in [4.69, 9.17) is 21.7 Å². The van der Waals surface area contributed by atoms with Crippen LogP contribution in [0.3, 0.4) is 0 Å². The molecule has 1 amide bonds. The lowest BCUT2D eigenvalue weighted by Gasteiger charge is -2.12. The van der Waals surface area contributed by atoms with Gasteiger partial charge in [-0.2, -0.15) is 0 Å². The fraction of sp³-hybridized carbons (Fsp3) is 0.0909. The van der Waals surface area contributed by atoms with Gasteiger partial charge in [-0.05, 0) is 48.6 Å². The molecule has 0 unspecified atom stereocenters. The second kappa shape index (κ2) is 10.1. The molecule has 6 heteroatoms. The highest BCUT2D eigenvalue weighted by Crippen LogP contribution is 2.17. The lowest BCUT2D eigenvalue weighted by molar-refractivity contribution is 0.0977. The van der Waals surface area contributed by atoms with Gasteiger partial charge in [0.05, 0.1) is 0 Å². The van der Waals surface area contributed by atoms with Crippen molar-refractivity contribution in [3.05, 3.63) is 90.5 Å². The second-order valence-electron chi connectivity index (χ2n) is 5.81. The van der Waals surface area contributed by atoms with Gasteiger partial charge in [0.2, 0.25) is 0 Å². The summed E-state index contributed by atoms with van der Waals surface area (Å²) in [4.78, 5) is 12.1. The molecule has 0 spiro atoms. The topological polar surface area (TPSA) is 59.6 Å². The summed E-state index contributed by atoms with van der Waals surface area (Å²) in [5, 5.41) is 5.86. The van der Waals surface area contributed by atoms with Crippen molar-refractivity contribution in [3.63, 3.8) is 0 Å². The van der Waals surface area contributed by atoms with Gasteiger partial charge in [0, 0.05) is 17.3 Å². The molecule has 0 fully saturated rings. The number of hydrogen-bond donors (Lipinski definition) is 2. The predicted molar refractivity (Wildman–Crippen MR) is 114 cm³/mol. The van der Waals surface area contributed by atoms with E-state index in [0.717, 1.165) is 11.4 Å². The predicted octanol–water partition coefficient (Wildman–Crippen LogP) is 4.27. The molecule has 0 saturated heterocycles. The molecule has 28 heavy (non-hydrogen) atoms. The van der Waals surface area contributed by atoms with E-state index in [-0.39, 0.29) is 11.0 Å². The van der Waals surface area contributed by atoms with Crippen molar-refractivity contribution < 1.29 is 14.3 Å². The van der Waals surface area contributed by atoms with Crippen molar-refractivity contribution in [3.8, 4) is 11.5 Å². The molecule has 0 aromatic heterocycles. The van der Waals surface area contributed by atoms with Crippen LogP contribution in [0.2, 0.25) is 0 Å². The molecule has 0 saturated carbocycles. The highest BCUT2D eigenvalue weighted by Gasteiger charge is 2.07. The molecule has 0 bridgehead atoms. The number of carbonyl (C=O) groups is 1. The Morgan fingerprint density at radius 3 is 2.11 bits per heavy atom. The lowest BCUT2D eigenvalue weighted by Crippen LogP contribution is -2.34. The zero-order valence-electron chi connectivity index (χ0n) is 15.1. The summed E-state index contributed by atoms with van der Waals surface area (Å²) in [6.07, 6.45) is 0. The Kier molecular flexibility index (Phi) is 6.98. The van der Waals surface area contributed by atoms with Crippen LogP contribution in [0.1, 0.15) is 10.4 Å². The van der Waals surface area contributed by atoms with Gasteiger partial charge >= 0.3 is 0 Å². The zero-order chi connectivity index (χ0) is 19.6. The maximum atomic E-state index is 12.1. The maximum Gasteiger partial charge on any atom is 0.257 e. The quantitative estimate of drug-likeness (QED) is 0.464. The van der Waals surface area contributed by atoms with Crippen LogP contribution >= 0.6 is 12.2 Å². The molecule has 0 aliphatic carbocycles. The van der Waals surface area contributed by atoms with E-state index in [2.05, 4.69) is 10.6 Å². The summed E-state index contributed by atoms with van der Waals surface area (Å²) in [5.41, 5.74) is 1.27. The van der Waals surface area contributed by atoms with Crippen molar-refractivity contribution in [2.45, 2.75) is 0 Å². The standard InChI is InChI=1S/C22H20N2O3S/c25-21(17-8-3-1-4-9-17)24-22(28)23-18-10-7-13-20(16-18)27-15-14-26-19-11-5-2-6-12-19/h1-13,16H,14-15H2,(H2,23,24,25,28). The third-order valence-electron chi connectivity index (χ3n) is 3.72. The minimum atomic E-state index is -0.261. The van der Waals surface area contributed by atoms with Crippen LogP contribution < -0.4 is 20.1 Å². The highest BCUT2D eigenvalue weighted by molar-refractivity contribution is 7.80. The highest BCUT2D eigenvalue weighted by atomic mass is 32.1. The Labute approximate surface area is 169 Å². The largest absolute Gasteiger partial charge is 0.490 e. The van der Waals surface area contributed by atoms with Crippen molar-refractivity contribution in [2.24, 2.45) is 0 Å². The molecular weight excluding hydrogens is 372 g/mol. The van der Waals surface area contributed by atoms with Crippen LogP contribution in [0, 0.1) is 0 Å². The minimum absolute atomic E-state index is 0.221. The summed E-state index contributed by atoms with van der Waals surface area (Å²) in [6.45, 7) is 0.848. The SMILES string of the molecule is O=C(NC(=S)Nc1cccc(OCCOc2ccccc2)c1)c1ccccc1. The average molecular weight is 392 g/mol. The number of ether oxygens (including phenoxy) is 2. The third-order valence-corrected chi connectivity index (χ3v) is 3.92. The minimum Gasteiger partial charge on any atom is -0.490 e. The number of nitrogens with one attached hydrogen (secondary N) is 2. The molecule has 0 heterocycles. The van der Waals surface area contributed by atoms with Crippen LogP contribution in [-0.2, 0) is 0 Å². The molecule has 0 radical (unpaired) electrons. The van der Waals surface area contributed by atoms with Gasteiger partial charge < -0.3 is 14.8 Å². The van der Waals surface area contributed by atoms with E-state index >= 15 is 0 Å². The third kappa shape index (κ3) is 6.10. The summed E-state index contributed by atoms with van der Waals surface area (Å²) in [7, 11) is 0. The molecular formula is C22H20N2O3S. The summed E-state index contributed by atoms with van der Waals surface area (Å²) < 4.78 is 11.3. The number of thiocarbonyl (C=S) groups is 1. The molecule has 3 aromatic rings. The van der Waals surface area contributed by atoms with Gasteiger partial charge in [-0.3, -0.25) is 10.1 Å². The average Bonchev–Trinajstić information content (AvgIpc) is 2.73. The van der Waals surface area contributed by atoms with Crippen molar-refractivity contribution in [1.82, 2.24) is 5.32 Å². The number of amides is 1. The van der Waals surface area contributed by atoms with Crippen molar-refractivity contribution >= 4 is 28.9 Å². The Morgan fingerprint density at radius 1 is 0.786 bits per heavy atom. The molecule has 0 aliphatic rings. The Hall–Kier alpha value is -3.38. The number of hydrogen-bond acceptors (Lipinski definition) is 4. The van der Waals surface area contributed by atoms with Crippen LogP contribution in [0.25, 0.3) is 0 Å². The fourth-order valence-corrected chi connectivity index (χ4v) is 2.64. The van der Waals surface area contributed by atoms with E-state index in [1.807, 2.05) is 60.7 Å². The normalized spacial score (nSPS) is 10.0. The van der Waals surface area contributed by atoms with Gasteiger partial charge in [0.15, 0.2) is 5.11 Å². The second-order valence-corrected chi connectivity index (χ2v) is 6.22. The van der Waals surface area contributed by atoms with Gasteiger partial charge in [0.1, 0.15) is 24.7 Å². The molecule has 3 rings (SSSR count). The molecule has 0 atom stereocenters. The smallest absolute Gasteiger partial charge is 0.257 e. The number of rotatable bonds is 7. The molecule has 0 aliphatic heterocycles. The van der Waals surface area contributed by atoms with Gasteiger partial charge in [-0.25, -0.2) is 0 Å². The van der Waals surface area contributed by atoms with Crippen molar-refractivity contribution in [2.75, 3.05) is 18.5 Å². The molecule has 142 valence electrons. The van der Waals surface area contributed by atoms with E-state index < -0.39 is 0 Å². The first-order valence-corrected chi connectivity index (χ1v) is 9.19. The van der Waals surface area contributed by atoms with Gasteiger partial charge in [-0.1, -0.05) is 42.5 Å². The first-order chi connectivity index (χ1) is 13.7. The fourth-order valence-electron chi connectivity index (χ4n) is 2.43. The number of para-hydroxylation sites is 1. The van der Waals surface area contributed by atoms with Crippen LogP contribution in [0.4, 0.5) is 5.69 Å². The number of carbonyl (C=O) groups excluding carboxylic acids is 1. The van der Waals surface area contributed by atoms with Crippen LogP contribution in [-0.4, -0.2) is 24.2 Å². The summed E-state index contributed by atoms with van der Waals surface area (Å²) in [6, 6.07) is 25.8. The first kappa shape index (κ1) is 19.4. The van der Waals surface area contributed by atoms with E-state index in [1.165, 1.54) is 0 Å². The van der Waals surface area contributed by atoms with E-state index in [9.17, 15) is 4.79 Å². The summed E-state index contributed by atoms with van der Waals surface area (Å²) >= 11 is 5.21. The Bertz CT molecular complexity index is 917. The molecule has 5 nitrogen and oxygen atoms in total. The summed E-state index contributed by atoms with van der Waals surface area (Å²) in [5.74, 6) is 1.23. The first-order valence-electron chi connectivity index (χ1n) is 8.79. The molecule has 2 N–H and O–H groups in total. The monoisotopic (exact) mass is 392 g/mol. The molecule has 3 aromatic carbocycles. The Morgan fingerprint density at radius 2 is 1.39 bits per heavy atom. The van der Waals surface area contributed by atoms with Gasteiger partial charge in [-0.15, -0.1) is 0 Å². The van der Waals surface area contributed by atoms with Gasteiger partial charge in [0.25, 0.3) is 5.91 Å². The van der Waals surface area contributed by atoms with E-state index in [0.29, 0.717) is 24.5 Å². The van der Waals surface area contributed by atoms with E-state index in [1.54, 1.807) is 24.3 Å². The van der Waals surface area contributed by atoms with Crippen LogP contribution in [0.5, 0.6) is 11.5 Å².